The van der Waals surface area contributed by atoms with Crippen molar-refractivity contribution in [2.24, 2.45) is 11.3 Å². The van der Waals surface area contributed by atoms with Crippen LogP contribution in [0.5, 0.6) is 0 Å². The molecule has 3 heteroatoms. The van der Waals surface area contributed by atoms with Crippen molar-refractivity contribution in [3.8, 4) is 0 Å². The average Bonchev–Trinajstić information content (AvgIpc) is 2.66. The summed E-state index contributed by atoms with van der Waals surface area (Å²) in [6, 6.07) is 0.265. The van der Waals surface area contributed by atoms with Crippen LogP contribution in [-0.2, 0) is 4.79 Å². The summed E-state index contributed by atoms with van der Waals surface area (Å²) in [5.41, 5.74) is -0.150. The van der Waals surface area contributed by atoms with Crippen molar-refractivity contribution < 1.29 is 4.79 Å². The van der Waals surface area contributed by atoms with Gasteiger partial charge in [0.15, 0.2) is 0 Å². The molecule has 2 unspecified atom stereocenters. The molecule has 88 valence electrons. The first-order valence-corrected chi connectivity index (χ1v) is 6.03. The molecule has 0 bridgehead atoms. The fraction of sp³-hybridized carbons (Fsp3) is 0.917. The lowest BCUT2D eigenvalue weighted by Crippen LogP contribution is -2.47. The molecule has 1 fully saturated rings. The van der Waals surface area contributed by atoms with E-state index in [1.54, 1.807) is 0 Å². The third-order valence-electron chi connectivity index (χ3n) is 3.76. The van der Waals surface area contributed by atoms with Gasteiger partial charge in [-0.3, -0.25) is 4.79 Å². The first-order chi connectivity index (χ1) is 7.02. The predicted octanol–water partition coefficient (Wildman–Crippen LogP) is 1.54. The van der Waals surface area contributed by atoms with E-state index in [1.807, 2.05) is 0 Å². The Labute approximate surface area is 93.0 Å². The molecule has 0 aromatic carbocycles. The van der Waals surface area contributed by atoms with Crippen LogP contribution >= 0.6 is 0 Å². The van der Waals surface area contributed by atoms with E-state index in [4.69, 9.17) is 0 Å². The molecule has 15 heavy (non-hydrogen) atoms. The SMILES string of the molecule is CCC1(C(=O)NC(C)C(C)C)CCNC1. The molecular weight excluding hydrogens is 188 g/mol. The van der Waals surface area contributed by atoms with Crippen molar-refractivity contribution in [3.05, 3.63) is 0 Å². The van der Waals surface area contributed by atoms with Crippen molar-refractivity contribution in [1.29, 1.82) is 0 Å². The van der Waals surface area contributed by atoms with E-state index in [0.717, 1.165) is 25.9 Å². The first-order valence-electron chi connectivity index (χ1n) is 6.03. The van der Waals surface area contributed by atoms with Crippen molar-refractivity contribution in [2.45, 2.75) is 46.6 Å². The predicted molar refractivity (Wildman–Crippen MR) is 62.7 cm³/mol. The van der Waals surface area contributed by atoms with Gasteiger partial charge in [-0.05, 0) is 32.2 Å². The number of rotatable bonds is 4. The summed E-state index contributed by atoms with van der Waals surface area (Å²) in [4.78, 5) is 12.2. The second kappa shape index (κ2) is 4.97. The minimum absolute atomic E-state index is 0.150. The summed E-state index contributed by atoms with van der Waals surface area (Å²) in [6.45, 7) is 10.3. The van der Waals surface area contributed by atoms with Crippen molar-refractivity contribution in [2.75, 3.05) is 13.1 Å². The Kier molecular flexibility index (Phi) is 4.14. The topological polar surface area (TPSA) is 41.1 Å². The molecule has 0 aromatic rings. The zero-order valence-electron chi connectivity index (χ0n) is 10.4. The van der Waals surface area contributed by atoms with Crippen LogP contribution in [0, 0.1) is 11.3 Å². The average molecular weight is 212 g/mol. The van der Waals surface area contributed by atoms with Gasteiger partial charge in [-0.25, -0.2) is 0 Å². The fourth-order valence-electron chi connectivity index (χ4n) is 1.93. The van der Waals surface area contributed by atoms with Gasteiger partial charge in [0, 0.05) is 12.6 Å². The summed E-state index contributed by atoms with van der Waals surface area (Å²) >= 11 is 0. The van der Waals surface area contributed by atoms with E-state index >= 15 is 0 Å². The number of hydrogen-bond donors (Lipinski definition) is 2. The van der Waals surface area contributed by atoms with E-state index in [2.05, 4.69) is 38.3 Å². The van der Waals surface area contributed by atoms with Gasteiger partial charge in [-0.15, -0.1) is 0 Å². The lowest BCUT2D eigenvalue weighted by molar-refractivity contribution is -0.131. The standard InChI is InChI=1S/C12H24N2O/c1-5-12(6-7-13-8-12)11(15)14-10(4)9(2)3/h9-10,13H,5-8H2,1-4H3,(H,14,15). The second-order valence-electron chi connectivity index (χ2n) is 5.07. The Bertz CT molecular complexity index is 220. The van der Waals surface area contributed by atoms with Crippen molar-refractivity contribution in [1.82, 2.24) is 10.6 Å². The van der Waals surface area contributed by atoms with E-state index < -0.39 is 0 Å². The van der Waals surface area contributed by atoms with E-state index in [1.165, 1.54) is 0 Å². The number of carbonyl (C=O) groups excluding carboxylic acids is 1. The van der Waals surface area contributed by atoms with Crippen LogP contribution in [0.1, 0.15) is 40.5 Å². The third-order valence-corrected chi connectivity index (χ3v) is 3.76. The summed E-state index contributed by atoms with van der Waals surface area (Å²) in [6.07, 6.45) is 1.90. The Morgan fingerprint density at radius 3 is 2.53 bits per heavy atom. The van der Waals surface area contributed by atoms with Crippen LogP contribution in [-0.4, -0.2) is 25.0 Å². The Hall–Kier alpha value is -0.570. The normalized spacial score (nSPS) is 28.1. The highest BCUT2D eigenvalue weighted by molar-refractivity contribution is 5.83. The molecule has 1 amide bonds. The molecule has 1 aliphatic heterocycles. The van der Waals surface area contributed by atoms with Gasteiger partial charge in [0.2, 0.25) is 5.91 Å². The molecular formula is C12H24N2O. The Morgan fingerprint density at radius 1 is 1.47 bits per heavy atom. The lowest BCUT2D eigenvalue weighted by atomic mass is 9.83. The summed E-state index contributed by atoms with van der Waals surface area (Å²) in [5, 5.41) is 6.42. The van der Waals surface area contributed by atoms with Crippen molar-refractivity contribution >= 4 is 5.91 Å². The van der Waals surface area contributed by atoms with Crippen LogP contribution in [0.15, 0.2) is 0 Å². The monoisotopic (exact) mass is 212 g/mol. The number of carbonyl (C=O) groups is 1. The molecule has 1 saturated heterocycles. The molecule has 1 heterocycles. The van der Waals surface area contributed by atoms with Crippen LogP contribution in [0.2, 0.25) is 0 Å². The van der Waals surface area contributed by atoms with Crippen LogP contribution < -0.4 is 10.6 Å². The molecule has 0 saturated carbocycles. The first kappa shape index (κ1) is 12.5. The zero-order valence-corrected chi connectivity index (χ0v) is 10.4. The van der Waals surface area contributed by atoms with Gasteiger partial charge in [-0.1, -0.05) is 20.8 Å². The van der Waals surface area contributed by atoms with Gasteiger partial charge in [0.05, 0.1) is 5.41 Å². The minimum atomic E-state index is -0.150. The summed E-state index contributed by atoms with van der Waals surface area (Å²) in [5.74, 6) is 0.730. The van der Waals surface area contributed by atoms with Crippen molar-refractivity contribution in [3.63, 3.8) is 0 Å². The molecule has 2 atom stereocenters. The van der Waals surface area contributed by atoms with Gasteiger partial charge in [0.1, 0.15) is 0 Å². The number of amides is 1. The molecule has 0 aliphatic carbocycles. The highest BCUT2D eigenvalue weighted by Crippen LogP contribution is 2.29. The van der Waals surface area contributed by atoms with Gasteiger partial charge in [0.25, 0.3) is 0 Å². The number of nitrogens with one attached hydrogen (secondary N) is 2. The quantitative estimate of drug-likeness (QED) is 0.742. The largest absolute Gasteiger partial charge is 0.353 e. The molecule has 2 N–H and O–H groups in total. The highest BCUT2D eigenvalue weighted by Gasteiger charge is 2.39. The van der Waals surface area contributed by atoms with E-state index in [0.29, 0.717) is 5.92 Å². The maximum absolute atomic E-state index is 12.2. The highest BCUT2D eigenvalue weighted by atomic mass is 16.2. The molecule has 3 nitrogen and oxygen atoms in total. The van der Waals surface area contributed by atoms with E-state index in [9.17, 15) is 4.79 Å². The molecule has 0 aromatic heterocycles. The smallest absolute Gasteiger partial charge is 0.227 e. The lowest BCUT2D eigenvalue weighted by Gasteiger charge is -2.28. The Morgan fingerprint density at radius 2 is 2.13 bits per heavy atom. The third kappa shape index (κ3) is 2.71. The van der Waals surface area contributed by atoms with E-state index in [-0.39, 0.29) is 17.4 Å². The second-order valence-corrected chi connectivity index (χ2v) is 5.07. The molecule has 1 aliphatic rings. The maximum atomic E-state index is 12.2. The fourth-order valence-corrected chi connectivity index (χ4v) is 1.93. The van der Waals surface area contributed by atoms with Gasteiger partial charge in [-0.2, -0.15) is 0 Å². The molecule has 1 rings (SSSR count). The van der Waals surface area contributed by atoms with Gasteiger partial charge < -0.3 is 10.6 Å². The van der Waals surface area contributed by atoms with Crippen LogP contribution in [0.4, 0.5) is 0 Å². The zero-order chi connectivity index (χ0) is 11.5. The molecule has 0 spiro atoms. The minimum Gasteiger partial charge on any atom is -0.353 e. The number of hydrogen-bond acceptors (Lipinski definition) is 2. The summed E-state index contributed by atoms with van der Waals surface area (Å²) < 4.78 is 0. The summed E-state index contributed by atoms with van der Waals surface area (Å²) in [7, 11) is 0. The maximum Gasteiger partial charge on any atom is 0.227 e. The van der Waals surface area contributed by atoms with Crippen LogP contribution in [0.25, 0.3) is 0 Å². The Balaban J connectivity index is 2.58. The molecule has 0 radical (unpaired) electrons. The van der Waals surface area contributed by atoms with Gasteiger partial charge >= 0.3 is 0 Å². The van der Waals surface area contributed by atoms with Crippen LogP contribution in [0.3, 0.4) is 0 Å².